The van der Waals surface area contributed by atoms with Gasteiger partial charge in [-0.2, -0.15) is 0 Å². The number of hydrogen-bond donors (Lipinski definition) is 0. The van der Waals surface area contributed by atoms with Crippen LogP contribution in [0.1, 0.15) is 5.56 Å². The van der Waals surface area contributed by atoms with Crippen LogP contribution < -0.4 is 18.9 Å². The molecule has 1 rings (SSSR count). The first kappa shape index (κ1) is 8.64. The fourth-order valence-corrected chi connectivity index (χ4v) is 0.534. The molecular formula is C8H7Li. The molecule has 0 aliphatic heterocycles. The van der Waals surface area contributed by atoms with E-state index < -0.39 is 0 Å². The van der Waals surface area contributed by atoms with Crippen LogP contribution >= 0.6 is 0 Å². The summed E-state index contributed by atoms with van der Waals surface area (Å²) in [4.78, 5) is 0. The van der Waals surface area contributed by atoms with E-state index in [1.807, 2.05) is 18.2 Å². The Morgan fingerprint density at radius 1 is 1.56 bits per heavy atom. The second-order valence-electron chi connectivity index (χ2n) is 1.57. The Kier molecular flexibility index (Phi) is 4.33. The maximum atomic E-state index is 3.70. The second-order valence-corrected chi connectivity index (χ2v) is 1.57. The molecule has 0 fully saturated rings. The minimum absolute atomic E-state index is 0. The van der Waals surface area contributed by atoms with E-state index >= 15 is 0 Å². The van der Waals surface area contributed by atoms with Gasteiger partial charge in [-0.3, -0.25) is 0 Å². The maximum Gasteiger partial charge on any atom is 1.00 e. The van der Waals surface area contributed by atoms with Gasteiger partial charge in [-0.05, 0) is 11.6 Å². The van der Waals surface area contributed by atoms with Gasteiger partial charge >= 0.3 is 18.9 Å². The quantitative estimate of drug-likeness (QED) is 0.310. The number of hydrogen-bond acceptors (Lipinski definition) is 0. The van der Waals surface area contributed by atoms with Gasteiger partial charge in [-0.1, -0.05) is 24.3 Å². The predicted octanol–water partition coefficient (Wildman–Crippen LogP) is -1.33. The topological polar surface area (TPSA) is 0 Å². The molecule has 0 amide bonds. The van der Waals surface area contributed by atoms with E-state index in [4.69, 9.17) is 0 Å². The Hall–Kier alpha value is -0.363. The van der Waals surface area contributed by atoms with Crippen LogP contribution in [0.2, 0.25) is 0 Å². The molecule has 0 nitrogen and oxygen atoms in total. The van der Waals surface area contributed by atoms with Gasteiger partial charge in [-0.15, -0.1) is 6.42 Å². The van der Waals surface area contributed by atoms with Gasteiger partial charge in [0.25, 0.3) is 0 Å². The molecule has 0 aliphatic carbocycles. The summed E-state index contributed by atoms with van der Waals surface area (Å²) in [6.45, 7) is 3.70. The van der Waals surface area contributed by atoms with Crippen LogP contribution in [-0.4, -0.2) is 0 Å². The Labute approximate surface area is 68.5 Å². The second kappa shape index (κ2) is 4.51. The molecule has 0 aliphatic rings. The van der Waals surface area contributed by atoms with Crippen molar-refractivity contribution in [2.24, 2.45) is 0 Å². The Morgan fingerprint density at radius 3 is 2.67 bits per heavy atom. The molecule has 0 bridgehead atoms. The summed E-state index contributed by atoms with van der Waals surface area (Å²) in [5.41, 5.74) is 1.12. The summed E-state index contributed by atoms with van der Waals surface area (Å²) < 4.78 is 0. The van der Waals surface area contributed by atoms with E-state index in [0.29, 0.717) is 0 Å². The average Bonchev–Trinajstić information content (AvgIpc) is 1.90. The maximum absolute atomic E-state index is 3.70. The van der Waals surface area contributed by atoms with Gasteiger partial charge in [0, 0.05) is 0 Å². The summed E-state index contributed by atoms with van der Waals surface area (Å²) in [6.07, 6.45) is 0.803. The molecular weight excluding hydrogens is 103 g/mol. The third-order valence-corrected chi connectivity index (χ3v) is 0.979. The van der Waals surface area contributed by atoms with Crippen molar-refractivity contribution in [2.75, 3.05) is 0 Å². The molecule has 0 radical (unpaired) electrons. The largest absolute Gasteiger partial charge is 1.00 e. The van der Waals surface area contributed by atoms with Crippen molar-refractivity contribution in [3.63, 3.8) is 0 Å². The molecule has 0 aromatic heterocycles. The van der Waals surface area contributed by atoms with Crippen molar-refractivity contribution in [1.82, 2.24) is 0 Å². The van der Waals surface area contributed by atoms with Crippen LogP contribution in [0.4, 0.5) is 0 Å². The standard InChI is InChI=1S/C8H7.Li/c1-2-8-6-4-3-5-7-8;/h3-4,6H,1-2H2;/q-1;+1. The fraction of sp³-hybridized carbons (Fsp3) is 0.125. The van der Waals surface area contributed by atoms with E-state index in [1.54, 1.807) is 0 Å². The first-order valence-electron chi connectivity index (χ1n) is 2.60. The third-order valence-electron chi connectivity index (χ3n) is 0.979. The molecule has 0 unspecified atom stereocenters. The van der Waals surface area contributed by atoms with E-state index in [9.17, 15) is 0 Å². The summed E-state index contributed by atoms with van der Waals surface area (Å²) in [6, 6.07) is 11.5. The predicted molar refractivity (Wildman–Crippen MR) is 33.2 cm³/mol. The molecule has 0 saturated carbocycles. The smallest absolute Gasteiger partial charge is 0.338 e. The number of rotatable bonds is 1. The molecule has 9 heavy (non-hydrogen) atoms. The fourth-order valence-electron chi connectivity index (χ4n) is 0.534. The van der Waals surface area contributed by atoms with Crippen LogP contribution in [-0.2, 0) is 6.42 Å². The average molecular weight is 110 g/mol. The zero-order chi connectivity index (χ0) is 5.82. The Bertz CT molecular complexity index is 146. The molecule has 1 aromatic rings. The zero-order valence-corrected chi connectivity index (χ0v) is 5.65. The van der Waals surface area contributed by atoms with Crippen molar-refractivity contribution in [1.29, 1.82) is 0 Å². The van der Waals surface area contributed by atoms with Crippen LogP contribution in [0.25, 0.3) is 0 Å². The molecule has 0 spiro atoms. The van der Waals surface area contributed by atoms with E-state index in [-0.39, 0.29) is 18.9 Å². The molecule has 0 saturated heterocycles. The van der Waals surface area contributed by atoms with E-state index in [2.05, 4.69) is 19.1 Å². The van der Waals surface area contributed by atoms with Gasteiger partial charge < -0.3 is 6.92 Å². The Morgan fingerprint density at radius 2 is 2.33 bits per heavy atom. The normalized spacial score (nSPS) is 7.22. The molecule has 1 heteroatoms. The van der Waals surface area contributed by atoms with Crippen LogP contribution in [0, 0.1) is 19.1 Å². The van der Waals surface area contributed by atoms with Crippen molar-refractivity contribution in [3.8, 4) is 0 Å². The van der Waals surface area contributed by atoms with E-state index in [1.165, 1.54) is 0 Å². The minimum Gasteiger partial charge on any atom is -0.338 e. The zero-order valence-electron chi connectivity index (χ0n) is 5.65. The van der Waals surface area contributed by atoms with Crippen molar-refractivity contribution in [3.05, 3.63) is 42.8 Å². The van der Waals surface area contributed by atoms with Crippen LogP contribution in [0.3, 0.4) is 0 Å². The minimum atomic E-state index is 0. The SMILES string of the molecule is [CH2-]Cc1c#cccc1.[Li+]. The van der Waals surface area contributed by atoms with Crippen molar-refractivity contribution in [2.45, 2.75) is 6.42 Å². The summed E-state index contributed by atoms with van der Waals surface area (Å²) >= 11 is 0. The van der Waals surface area contributed by atoms with Gasteiger partial charge in [0.05, 0.1) is 0 Å². The molecule has 0 heterocycles. The first-order valence-corrected chi connectivity index (χ1v) is 2.60. The molecule has 0 N–H and O–H groups in total. The van der Waals surface area contributed by atoms with Crippen molar-refractivity contribution >= 4 is 0 Å². The Balaban J connectivity index is 0.000000640. The van der Waals surface area contributed by atoms with E-state index in [0.717, 1.165) is 12.0 Å². The van der Waals surface area contributed by atoms with Crippen LogP contribution in [0.5, 0.6) is 0 Å². The van der Waals surface area contributed by atoms with Gasteiger partial charge in [0.2, 0.25) is 0 Å². The van der Waals surface area contributed by atoms with Gasteiger partial charge in [0.1, 0.15) is 0 Å². The van der Waals surface area contributed by atoms with Gasteiger partial charge in [-0.25, -0.2) is 0 Å². The monoisotopic (exact) mass is 110 g/mol. The van der Waals surface area contributed by atoms with Crippen LogP contribution in [0.15, 0.2) is 18.2 Å². The molecule has 1 aromatic carbocycles. The van der Waals surface area contributed by atoms with Gasteiger partial charge in [0.15, 0.2) is 0 Å². The molecule has 40 valence electrons. The molecule has 0 atom stereocenters. The summed E-state index contributed by atoms with van der Waals surface area (Å²) in [7, 11) is 0. The van der Waals surface area contributed by atoms with Crippen molar-refractivity contribution < 1.29 is 18.9 Å². The summed E-state index contributed by atoms with van der Waals surface area (Å²) in [5, 5.41) is 0. The summed E-state index contributed by atoms with van der Waals surface area (Å²) in [5.74, 6) is 0. The third kappa shape index (κ3) is 2.61. The first-order chi connectivity index (χ1) is 3.93.